The van der Waals surface area contributed by atoms with Crippen molar-refractivity contribution in [2.45, 2.75) is 6.04 Å². The Kier molecular flexibility index (Phi) is 2.85. The monoisotopic (exact) mass is 273 g/mol. The first-order valence-electron chi connectivity index (χ1n) is 7.18. The predicted molar refractivity (Wildman–Crippen MR) is 76.9 cm³/mol. The maximum atomic E-state index is 5.28. The molecule has 0 atom stereocenters. The molecule has 20 heavy (non-hydrogen) atoms. The second-order valence-electron chi connectivity index (χ2n) is 5.57. The molecule has 0 aliphatic carbocycles. The molecule has 0 amide bonds. The molecule has 0 radical (unpaired) electrons. The highest BCUT2D eigenvalue weighted by Crippen LogP contribution is 2.26. The Morgan fingerprint density at radius 2 is 1.95 bits per heavy atom. The Bertz CT molecular complexity index is 613. The molecule has 6 heteroatoms. The summed E-state index contributed by atoms with van der Waals surface area (Å²) in [6.07, 6.45) is 0. The van der Waals surface area contributed by atoms with Gasteiger partial charge in [0.25, 0.3) is 0 Å². The van der Waals surface area contributed by atoms with E-state index in [9.17, 15) is 0 Å². The van der Waals surface area contributed by atoms with Crippen LogP contribution in [0.1, 0.15) is 0 Å². The lowest BCUT2D eigenvalue weighted by atomic mass is 10.1. The summed E-state index contributed by atoms with van der Waals surface area (Å²) in [5.74, 6) is 0. The van der Waals surface area contributed by atoms with E-state index in [4.69, 9.17) is 4.74 Å². The second kappa shape index (κ2) is 4.71. The van der Waals surface area contributed by atoms with Gasteiger partial charge in [-0.05, 0) is 12.1 Å². The van der Waals surface area contributed by atoms with Gasteiger partial charge in [0.2, 0.25) is 0 Å². The summed E-state index contributed by atoms with van der Waals surface area (Å²) in [5, 5.41) is 8.44. The Hall–Kier alpha value is -1.66. The number of nitrogens with zero attached hydrogens (tertiary/aromatic N) is 5. The van der Waals surface area contributed by atoms with Gasteiger partial charge in [0.15, 0.2) is 0 Å². The Balaban J connectivity index is 1.55. The fraction of sp³-hybridized carbons (Fsp3) is 0.571. The van der Waals surface area contributed by atoms with Gasteiger partial charge in [-0.3, -0.25) is 4.90 Å². The summed E-state index contributed by atoms with van der Waals surface area (Å²) in [5.41, 5.74) is 3.31. The van der Waals surface area contributed by atoms with E-state index in [0.717, 1.165) is 50.4 Å². The highest BCUT2D eigenvalue weighted by molar-refractivity contribution is 5.88. The van der Waals surface area contributed by atoms with Crippen LogP contribution in [0, 0.1) is 0 Å². The summed E-state index contributed by atoms with van der Waals surface area (Å²) in [6.45, 7) is 6.10. The summed E-state index contributed by atoms with van der Waals surface area (Å²) < 4.78 is 7.12. The van der Waals surface area contributed by atoms with Gasteiger partial charge in [-0.1, -0.05) is 11.3 Å². The van der Waals surface area contributed by atoms with Gasteiger partial charge in [0, 0.05) is 33.2 Å². The summed E-state index contributed by atoms with van der Waals surface area (Å²) >= 11 is 0. The SMILES string of the molecule is Cn1nnc2c(N3CCN(C4COC4)CC3)cccc21. The standard InChI is InChI=1S/C14H19N5O/c1-17-12-3-2-4-13(14(12)15-16-17)19-7-5-18(6-8-19)11-9-20-10-11/h2-4,11H,5-10H2,1H3. The average molecular weight is 273 g/mol. The zero-order chi connectivity index (χ0) is 13.5. The van der Waals surface area contributed by atoms with E-state index >= 15 is 0 Å². The smallest absolute Gasteiger partial charge is 0.136 e. The Labute approximate surface area is 117 Å². The average Bonchev–Trinajstić information content (AvgIpc) is 2.80. The third-order valence-corrected chi connectivity index (χ3v) is 4.41. The largest absolute Gasteiger partial charge is 0.378 e. The molecular formula is C14H19N5O. The molecule has 0 bridgehead atoms. The normalized spacial score (nSPS) is 21.4. The first-order valence-corrected chi connectivity index (χ1v) is 7.18. The number of aromatic nitrogens is 3. The lowest BCUT2D eigenvalue weighted by Crippen LogP contribution is -2.56. The molecule has 4 rings (SSSR count). The van der Waals surface area contributed by atoms with Crippen LogP contribution in [0.5, 0.6) is 0 Å². The van der Waals surface area contributed by atoms with Gasteiger partial charge in [-0.15, -0.1) is 5.10 Å². The molecule has 1 aromatic carbocycles. The number of rotatable bonds is 2. The van der Waals surface area contributed by atoms with E-state index in [-0.39, 0.29) is 0 Å². The molecule has 2 saturated heterocycles. The van der Waals surface area contributed by atoms with E-state index in [1.165, 1.54) is 5.69 Å². The lowest BCUT2D eigenvalue weighted by Gasteiger charge is -2.43. The van der Waals surface area contributed by atoms with Crippen molar-refractivity contribution in [3.63, 3.8) is 0 Å². The molecule has 0 saturated carbocycles. The van der Waals surface area contributed by atoms with E-state index in [0.29, 0.717) is 6.04 Å². The zero-order valence-electron chi connectivity index (χ0n) is 11.7. The van der Waals surface area contributed by atoms with Crippen LogP contribution in [0.4, 0.5) is 5.69 Å². The summed E-state index contributed by atoms with van der Waals surface area (Å²) in [7, 11) is 1.94. The van der Waals surface area contributed by atoms with Crippen molar-refractivity contribution >= 4 is 16.7 Å². The molecule has 2 aliphatic heterocycles. The number of piperazine rings is 1. The van der Waals surface area contributed by atoms with Crippen molar-refractivity contribution in [3.8, 4) is 0 Å². The van der Waals surface area contributed by atoms with Crippen LogP contribution in [0.15, 0.2) is 18.2 Å². The number of hydrogen-bond acceptors (Lipinski definition) is 5. The van der Waals surface area contributed by atoms with Crippen molar-refractivity contribution in [3.05, 3.63) is 18.2 Å². The van der Waals surface area contributed by atoms with Crippen LogP contribution in [-0.4, -0.2) is 65.3 Å². The van der Waals surface area contributed by atoms with Gasteiger partial charge < -0.3 is 9.64 Å². The van der Waals surface area contributed by atoms with Crippen molar-refractivity contribution in [1.82, 2.24) is 19.9 Å². The van der Waals surface area contributed by atoms with Gasteiger partial charge in [-0.25, -0.2) is 4.68 Å². The van der Waals surface area contributed by atoms with E-state index in [2.05, 4.69) is 38.3 Å². The van der Waals surface area contributed by atoms with Gasteiger partial charge >= 0.3 is 0 Å². The number of fused-ring (bicyclic) bond motifs is 1. The number of ether oxygens (including phenoxy) is 1. The summed E-state index contributed by atoms with van der Waals surface area (Å²) in [6, 6.07) is 6.96. The fourth-order valence-corrected chi connectivity index (χ4v) is 3.06. The Morgan fingerprint density at radius 3 is 2.65 bits per heavy atom. The highest BCUT2D eigenvalue weighted by Gasteiger charge is 2.29. The quantitative estimate of drug-likeness (QED) is 0.797. The maximum absolute atomic E-state index is 5.28. The van der Waals surface area contributed by atoms with E-state index in [1.807, 2.05) is 11.7 Å². The minimum absolute atomic E-state index is 0.643. The predicted octanol–water partition coefficient (Wildman–Crippen LogP) is 0.489. The topological polar surface area (TPSA) is 46.4 Å². The van der Waals surface area contributed by atoms with Crippen molar-refractivity contribution in [1.29, 1.82) is 0 Å². The van der Waals surface area contributed by atoms with Gasteiger partial charge in [0.05, 0.1) is 30.5 Å². The minimum Gasteiger partial charge on any atom is -0.378 e. The van der Waals surface area contributed by atoms with Crippen LogP contribution in [0.2, 0.25) is 0 Å². The fourth-order valence-electron chi connectivity index (χ4n) is 3.06. The minimum atomic E-state index is 0.643. The number of benzene rings is 1. The molecule has 106 valence electrons. The van der Waals surface area contributed by atoms with E-state index < -0.39 is 0 Å². The van der Waals surface area contributed by atoms with E-state index in [1.54, 1.807) is 0 Å². The molecule has 2 fully saturated rings. The van der Waals surface area contributed by atoms with Crippen LogP contribution in [0.3, 0.4) is 0 Å². The van der Waals surface area contributed by atoms with Crippen molar-refractivity contribution < 1.29 is 4.74 Å². The van der Waals surface area contributed by atoms with Crippen LogP contribution >= 0.6 is 0 Å². The molecule has 2 aliphatic rings. The molecule has 0 N–H and O–H groups in total. The number of aryl methyl sites for hydroxylation is 1. The lowest BCUT2D eigenvalue weighted by molar-refractivity contribution is -0.0660. The molecule has 2 aromatic rings. The third kappa shape index (κ3) is 1.87. The molecular weight excluding hydrogens is 254 g/mol. The molecule has 3 heterocycles. The van der Waals surface area contributed by atoms with Crippen LogP contribution in [-0.2, 0) is 11.8 Å². The molecule has 0 spiro atoms. The van der Waals surface area contributed by atoms with Crippen LogP contribution in [0.25, 0.3) is 11.0 Å². The molecule has 0 unspecified atom stereocenters. The highest BCUT2D eigenvalue weighted by atomic mass is 16.5. The third-order valence-electron chi connectivity index (χ3n) is 4.41. The van der Waals surface area contributed by atoms with Crippen molar-refractivity contribution in [2.24, 2.45) is 7.05 Å². The maximum Gasteiger partial charge on any atom is 0.136 e. The first-order chi connectivity index (χ1) is 9.83. The van der Waals surface area contributed by atoms with Gasteiger partial charge in [0.1, 0.15) is 5.52 Å². The van der Waals surface area contributed by atoms with Gasteiger partial charge in [-0.2, -0.15) is 0 Å². The zero-order valence-corrected chi connectivity index (χ0v) is 11.7. The summed E-state index contributed by atoms with van der Waals surface area (Å²) in [4.78, 5) is 4.96. The molecule has 1 aromatic heterocycles. The second-order valence-corrected chi connectivity index (χ2v) is 5.57. The molecule has 6 nitrogen and oxygen atoms in total. The first kappa shape index (κ1) is 12.1. The van der Waals surface area contributed by atoms with Crippen LogP contribution < -0.4 is 4.90 Å². The Morgan fingerprint density at radius 1 is 1.15 bits per heavy atom. The number of anilines is 1. The van der Waals surface area contributed by atoms with Crippen molar-refractivity contribution in [2.75, 3.05) is 44.3 Å². The number of hydrogen-bond donors (Lipinski definition) is 0.